The molecule has 10 heteroatoms. The molecule has 0 aliphatic rings. The highest BCUT2D eigenvalue weighted by molar-refractivity contribution is 5.76. The molecule has 0 fully saturated rings. The number of carboxylic acid groups (broad SMARTS) is 1. The van der Waals surface area contributed by atoms with Crippen molar-refractivity contribution in [2.24, 2.45) is 12.8 Å². The van der Waals surface area contributed by atoms with E-state index in [0.717, 1.165) is 24.1 Å². The Morgan fingerprint density at radius 2 is 1.76 bits per heavy atom. The lowest BCUT2D eigenvalue weighted by atomic mass is 10.1. The normalized spacial score (nSPS) is 12.4. The number of hydrogen-bond donors (Lipinski definition) is 2. The molecule has 0 aliphatic heterocycles. The van der Waals surface area contributed by atoms with Crippen molar-refractivity contribution in [3.63, 3.8) is 0 Å². The fourth-order valence-corrected chi connectivity index (χ4v) is 4.63. The molecule has 2 aromatic carbocycles. The summed E-state index contributed by atoms with van der Waals surface area (Å²) in [7, 11) is 1.78. The number of aromatic nitrogens is 4. The largest absolute Gasteiger partial charge is 0.492 e. The zero-order valence-electron chi connectivity index (χ0n) is 25.2. The zero-order valence-corrected chi connectivity index (χ0v) is 25.2. The van der Waals surface area contributed by atoms with E-state index in [2.05, 4.69) is 12.0 Å². The van der Waals surface area contributed by atoms with Gasteiger partial charge in [-0.05, 0) is 43.5 Å². The van der Waals surface area contributed by atoms with Gasteiger partial charge in [-0.3, -0.25) is 14.0 Å². The van der Waals surface area contributed by atoms with Gasteiger partial charge in [0.15, 0.2) is 11.6 Å². The van der Waals surface area contributed by atoms with Crippen molar-refractivity contribution in [1.29, 1.82) is 0 Å². The quantitative estimate of drug-likeness (QED) is 0.238. The molecular formula is C32H43N5O5. The van der Waals surface area contributed by atoms with Crippen LogP contribution in [-0.2, 0) is 42.4 Å². The van der Waals surface area contributed by atoms with E-state index in [0.29, 0.717) is 48.8 Å². The molecule has 2 heterocycles. The lowest BCUT2D eigenvalue weighted by molar-refractivity contribution is -0.149. The third-order valence-corrected chi connectivity index (χ3v) is 6.79. The van der Waals surface area contributed by atoms with E-state index in [1.165, 1.54) is 5.56 Å². The summed E-state index contributed by atoms with van der Waals surface area (Å²) in [6, 6.07) is 17.5. The minimum Gasteiger partial charge on any atom is -0.492 e. The molecule has 0 spiro atoms. The average molecular weight is 578 g/mol. The average Bonchev–Trinajstić information content (AvgIpc) is 3.30. The number of aliphatic carboxylic acids is 1. The molecule has 4 rings (SSSR count). The Bertz CT molecular complexity index is 1480. The van der Waals surface area contributed by atoms with Crippen molar-refractivity contribution >= 4 is 17.0 Å². The summed E-state index contributed by atoms with van der Waals surface area (Å²) in [5.74, 6) is 0.385. The Morgan fingerprint density at radius 3 is 2.31 bits per heavy atom. The van der Waals surface area contributed by atoms with Crippen molar-refractivity contribution in [1.82, 2.24) is 19.3 Å². The van der Waals surface area contributed by atoms with Crippen LogP contribution in [0.5, 0.6) is 5.75 Å². The highest BCUT2D eigenvalue weighted by Gasteiger charge is 2.19. The van der Waals surface area contributed by atoms with Crippen LogP contribution in [0.25, 0.3) is 11.0 Å². The molecule has 10 nitrogen and oxygen atoms in total. The van der Waals surface area contributed by atoms with Crippen LogP contribution in [0.4, 0.5) is 0 Å². The van der Waals surface area contributed by atoms with Crippen LogP contribution < -0.4 is 16.0 Å². The molecule has 4 aromatic rings. The van der Waals surface area contributed by atoms with Gasteiger partial charge >= 0.3 is 5.97 Å². The first-order chi connectivity index (χ1) is 20.2. The van der Waals surface area contributed by atoms with Crippen LogP contribution >= 0.6 is 0 Å². The van der Waals surface area contributed by atoms with Gasteiger partial charge in [-0.2, -0.15) is 5.10 Å². The van der Waals surface area contributed by atoms with Crippen LogP contribution in [0.2, 0.25) is 0 Å². The van der Waals surface area contributed by atoms with Crippen molar-refractivity contribution in [2.75, 3.05) is 13.2 Å². The molecule has 3 N–H and O–H groups in total. The summed E-state index contributed by atoms with van der Waals surface area (Å²) >= 11 is 0. The Balaban J connectivity index is 0.000000458. The molecule has 2 atom stereocenters. The van der Waals surface area contributed by atoms with Crippen molar-refractivity contribution < 1.29 is 19.4 Å². The summed E-state index contributed by atoms with van der Waals surface area (Å²) in [5, 5.41) is 13.7. The Hall–Kier alpha value is -4.02. The molecule has 42 heavy (non-hydrogen) atoms. The number of fused-ring (bicyclic) bond motifs is 1. The number of carboxylic acids is 1. The van der Waals surface area contributed by atoms with Crippen LogP contribution in [-0.4, -0.2) is 49.7 Å². The Morgan fingerprint density at radius 1 is 1.07 bits per heavy atom. The number of carbonyl (C=O) groups is 1. The maximum absolute atomic E-state index is 13.2. The van der Waals surface area contributed by atoms with E-state index >= 15 is 0 Å². The standard InChI is InChI=1S/C24H32N4O5.C8H11N/c1-5-8-18-21-22(27(4)26-18)23(29)28(20(6-2)25-21)13-14-33-17-11-9-16(10-12-17)15-19(24(30)31)32-7-3;1-7(9)8-5-3-2-4-6-8/h9-12,19H,5-8,13-15H2,1-4H3,(H,30,31);2-7H,9H2,1H3. The van der Waals surface area contributed by atoms with Crippen LogP contribution in [0.15, 0.2) is 59.4 Å². The third kappa shape index (κ3) is 8.50. The second-order valence-corrected chi connectivity index (χ2v) is 10.0. The molecule has 2 unspecified atom stereocenters. The Labute approximate surface area is 247 Å². The number of benzene rings is 2. The van der Waals surface area contributed by atoms with E-state index < -0.39 is 12.1 Å². The lowest BCUT2D eigenvalue weighted by Crippen LogP contribution is -2.28. The van der Waals surface area contributed by atoms with E-state index in [1.54, 1.807) is 35.4 Å². The van der Waals surface area contributed by atoms with E-state index in [4.69, 9.17) is 20.2 Å². The zero-order chi connectivity index (χ0) is 30.6. The molecule has 0 radical (unpaired) electrons. The van der Waals surface area contributed by atoms with E-state index in [1.807, 2.05) is 56.3 Å². The molecule has 0 bridgehead atoms. The van der Waals surface area contributed by atoms with Crippen molar-refractivity contribution in [3.05, 3.63) is 87.6 Å². The molecule has 0 amide bonds. The molecule has 0 saturated carbocycles. The number of hydrogen-bond acceptors (Lipinski definition) is 7. The second-order valence-electron chi connectivity index (χ2n) is 10.0. The van der Waals surface area contributed by atoms with Gasteiger partial charge in [0.1, 0.15) is 23.7 Å². The molecule has 2 aromatic heterocycles. The van der Waals surface area contributed by atoms with Gasteiger partial charge in [-0.15, -0.1) is 0 Å². The lowest BCUT2D eigenvalue weighted by Gasteiger charge is -2.14. The van der Waals surface area contributed by atoms with Crippen molar-refractivity contribution in [3.8, 4) is 5.75 Å². The first-order valence-electron chi connectivity index (χ1n) is 14.5. The predicted molar refractivity (Wildman–Crippen MR) is 164 cm³/mol. The highest BCUT2D eigenvalue weighted by Crippen LogP contribution is 2.17. The van der Waals surface area contributed by atoms with Gasteiger partial charge in [-0.25, -0.2) is 9.78 Å². The second kappa shape index (κ2) is 15.8. The van der Waals surface area contributed by atoms with Gasteiger partial charge in [0.05, 0.1) is 12.2 Å². The van der Waals surface area contributed by atoms with Crippen molar-refractivity contribution in [2.45, 2.75) is 72.1 Å². The fraction of sp³-hybridized carbons (Fsp3) is 0.438. The fourth-order valence-electron chi connectivity index (χ4n) is 4.63. The molecule has 0 saturated heterocycles. The Kier molecular flexibility index (Phi) is 12.3. The maximum Gasteiger partial charge on any atom is 0.333 e. The first-order valence-corrected chi connectivity index (χ1v) is 14.5. The van der Waals surface area contributed by atoms with Gasteiger partial charge < -0.3 is 20.3 Å². The maximum atomic E-state index is 13.2. The van der Waals surface area contributed by atoms with Crippen LogP contribution in [0.1, 0.15) is 62.8 Å². The number of rotatable bonds is 13. The van der Waals surface area contributed by atoms with Gasteiger partial charge in [0.25, 0.3) is 5.56 Å². The monoisotopic (exact) mass is 577 g/mol. The van der Waals surface area contributed by atoms with E-state index in [-0.39, 0.29) is 18.0 Å². The van der Waals surface area contributed by atoms with Gasteiger partial charge in [0.2, 0.25) is 0 Å². The van der Waals surface area contributed by atoms with Gasteiger partial charge in [0, 0.05) is 32.5 Å². The summed E-state index contributed by atoms with van der Waals surface area (Å²) < 4.78 is 14.4. The molecule has 0 aliphatic carbocycles. The number of nitrogens with two attached hydrogens (primary N) is 1. The number of ether oxygens (including phenoxy) is 2. The van der Waals surface area contributed by atoms with Crippen LogP contribution in [0.3, 0.4) is 0 Å². The highest BCUT2D eigenvalue weighted by atomic mass is 16.5. The summed E-state index contributed by atoms with van der Waals surface area (Å²) in [6.07, 6.45) is 1.77. The molecule has 226 valence electrons. The van der Waals surface area contributed by atoms with Gasteiger partial charge in [-0.1, -0.05) is 62.7 Å². The summed E-state index contributed by atoms with van der Waals surface area (Å²) in [4.78, 5) is 29.2. The number of nitrogens with zero attached hydrogens (tertiary/aromatic N) is 4. The molecular weight excluding hydrogens is 534 g/mol. The smallest absolute Gasteiger partial charge is 0.333 e. The minimum atomic E-state index is -0.977. The minimum absolute atomic E-state index is 0.108. The predicted octanol–water partition coefficient (Wildman–Crippen LogP) is 4.46. The SMILES string of the molecule is CC(N)c1ccccc1.CCCc1nn(C)c2c(=O)n(CCOc3ccc(CC(OCC)C(=O)O)cc3)c(CC)nc12. The van der Waals surface area contributed by atoms with Crippen LogP contribution in [0, 0.1) is 0 Å². The third-order valence-electron chi connectivity index (χ3n) is 6.79. The number of aryl methyl sites for hydroxylation is 3. The summed E-state index contributed by atoms with van der Waals surface area (Å²) in [6.45, 7) is 8.82. The summed E-state index contributed by atoms with van der Waals surface area (Å²) in [5.41, 5.74) is 9.62. The topological polar surface area (TPSA) is 134 Å². The first kappa shape index (κ1) is 32.5. The van der Waals surface area contributed by atoms with E-state index in [9.17, 15) is 14.7 Å².